The van der Waals surface area contributed by atoms with Crippen molar-refractivity contribution in [1.29, 1.82) is 0 Å². The fraction of sp³-hybridized carbons (Fsp3) is 0.261. The van der Waals surface area contributed by atoms with Crippen molar-refractivity contribution in [1.82, 2.24) is 0 Å². The quantitative estimate of drug-likeness (QED) is 0.742. The largest absolute Gasteiger partial charge is 0.358 e. The molecule has 3 heteroatoms. The Kier molecular flexibility index (Phi) is 3.58. The Morgan fingerprint density at radius 1 is 0.731 bits per heavy atom. The first-order valence-corrected chi connectivity index (χ1v) is 9.01. The highest BCUT2D eigenvalue weighted by molar-refractivity contribution is 6.02. The molecule has 0 saturated heterocycles. The van der Waals surface area contributed by atoms with Gasteiger partial charge in [0.1, 0.15) is 0 Å². The second kappa shape index (κ2) is 5.60. The predicted octanol–water partition coefficient (Wildman–Crippen LogP) is 5.13. The van der Waals surface area contributed by atoms with Crippen molar-refractivity contribution in [3.8, 4) is 0 Å². The lowest BCUT2D eigenvalue weighted by Gasteiger charge is -2.21. The highest BCUT2D eigenvalue weighted by atomic mass is 16.1. The molecule has 26 heavy (non-hydrogen) atoms. The van der Waals surface area contributed by atoms with E-state index in [4.69, 9.17) is 0 Å². The molecule has 2 aromatic carbocycles. The van der Waals surface area contributed by atoms with Crippen LogP contribution in [-0.2, 0) is 15.6 Å². The number of allylic oxidation sites excluding steroid dienone is 4. The second-order valence-electron chi connectivity index (χ2n) is 8.11. The van der Waals surface area contributed by atoms with Crippen molar-refractivity contribution in [2.45, 2.75) is 38.5 Å². The summed E-state index contributed by atoms with van der Waals surface area (Å²) in [5.74, 6) is -0.00300. The van der Waals surface area contributed by atoms with Crippen LogP contribution >= 0.6 is 0 Å². The topological polar surface area (TPSA) is 41.1 Å². The summed E-state index contributed by atoms with van der Waals surface area (Å²) in [6.45, 7) is 8.58. The molecule has 132 valence electrons. The van der Waals surface area contributed by atoms with Gasteiger partial charge in [0.15, 0.2) is 5.78 Å². The van der Waals surface area contributed by atoms with Crippen molar-refractivity contribution < 1.29 is 4.79 Å². The summed E-state index contributed by atoms with van der Waals surface area (Å²) in [6, 6.07) is 16.4. The molecule has 4 rings (SSSR count). The van der Waals surface area contributed by atoms with Crippen LogP contribution in [0, 0.1) is 0 Å². The Hall–Kier alpha value is -2.81. The van der Waals surface area contributed by atoms with E-state index in [2.05, 4.69) is 62.6 Å². The fourth-order valence-corrected chi connectivity index (χ4v) is 3.93. The summed E-state index contributed by atoms with van der Waals surface area (Å²) in [4.78, 5) is 12.8. The number of fused-ring (bicyclic) bond motifs is 2. The van der Waals surface area contributed by atoms with Gasteiger partial charge in [-0.3, -0.25) is 4.79 Å². The van der Waals surface area contributed by atoms with Gasteiger partial charge in [-0.05, 0) is 23.3 Å². The van der Waals surface area contributed by atoms with Crippen molar-refractivity contribution >= 4 is 17.2 Å². The van der Waals surface area contributed by atoms with E-state index in [0.29, 0.717) is 0 Å². The molecule has 0 atom stereocenters. The number of nitrogens with one attached hydrogen (secondary N) is 2. The van der Waals surface area contributed by atoms with E-state index in [-0.39, 0.29) is 16.6 Å². The maximum atomic E-state index is 12.8. The minimum Gasteiger partial charge on any atom is -0.358 e. The first-order chi connectivity index (χ1) is 12.3. The second-order valence-corrected chi connectivity index (χ2v) is 8.11. The summed E-state index contributed by atoms with van der Waals surface area (Å²) in [6.07, 6.45) is 3.46. The number of ketones is 1. The number of carbonyl (C=O) groups excluding carboxylic acids is 1. The smallest absolute Gasteiger partial charge is 0.182 e. The Bertz CT molecular complexity index is 886. The SMILES string of the molecule is CC1(C)/C(=C\C(=O)/C=C2/Nc3ccccc3C2(C)C)Nc2ccccc21. The monoisotopic (exact) mass is 344 g/mol. The van der Waals surface area contributed by atoms with Crippen LogP contribution in [-0.4, -0.2) is 5.78 Å². The minimum atomic E-state index is -0.202. The molecule has 2 heterocycles. The molecule has 0 saturated carbocycles. The van der Waals surface area contributed by atoms with Crippen LogP contribution < -0.4 is 10.6 Å². The number of hydrogen-bond donors (Lipinski definition) is 2. The minimum absolute atomic E-state index is 0.00300. The molecule has 2 aliphatic heterocycles. The van der Waals surface area contributed by atoms with Crippen LogP contribution in [0.1, 0.15) is 38.8 Å². The molecule has 2 aromatic rings. The van der Waals surface area contributed by atoms with Gasteiger partial charge in [0.05, 0.1) is 0 Å². The van der Waals surface area contributed by atoms with Crippen LogP contribution in [0.25, 0.3) is 0 Å². The van der Waals surface area contributed by atoms with Crippen LogP contribution in [0.3, 0.4) is 0 Å². The number of anilines is 2. The molecule has 0 aromatic heterocycles. The number of rotatable bonds is 2. The van der Waals surface area contributed by atoms with E-state index in [1.807, 2.05) is 24.3 Å². The van der Waals surface area contributed by atoms with E-state index in [0.717, 1.165) is 22.8 Å². The first kappa shape index (κ1) is 16.6. The van der Waals surface area contributed by atoms with Gasteiger partial charge in [-0.2, -0.15) is 0 Å². The molecular formula is C23H24N2O. The third-order valence-corrected chi connectivity index (χ3v) is 5.66. The third kappa shape index (κ3) is 2.47. The summed E-state index contributed by atoms with van der Waals surface area (Å²) < 4.78 is 0. The van der Waals surface area contributed by atoms with Gasteiger partial charge < -0.3 is 10.6 Å². The molecule has 0 spiro atoms. The average molecular weight is 344 g/mol. The standard InChI is InChI=1S/C23H24N2O/c1-22(2)16-9-5-7-11-18(16)24-20(22)13-15(26)14-21-23(3,4)17-10-6-8-12-19(17)25-21/h5-14,24-25H,1-4H3/b20-13+,21-14+. The lowest BCUT2D eigenvalue weighted by molar-refractivity contribution is -0.110. The molecule has 0 radical (unpaired) electrons. The zero-order valence-electron chi connectivity index (χ0n) is 15.7. The Balaban J connectivity index is 1.65. The van der Waals surface area contributed by atoms with Crippen molar-refractivity contribution in [3.05, 3.63) is 83.2 Å². The van der Waals surface area contributed by atoms with Gasteiger partial charge in [-0.1, -0.05) is 64.1 Å². The van der Waals surface area contributed by atoms with Crippen molar-refractivity contribution in [3.63, 3.8) is 0 Å². The molecular weight excluding hydrogens is 320 g/mol. The maximum Gasteiger partial charge on any atom is 0.182 e. The molecule has 0 bridgehead atoms. The Morgan fingerprint density at radius 2 is 1.12 bits per heavy atom. The van der Waals surface area contributed by atoms with Gasteiger partial charge in [-0.15, -0.1) is 0 Å². The van der Waals surface area contributed by atoms with Gasteiger partial charge in [0.25, 0.3) is 0 Å². The van der Waals surface area contributed by atoms with Gasteiger partial charge in [0, 0.05) is 45.8 Å². The first-order valence-electron chi connectivity index (χ1n) is 9.01. The van der Waals surface area contributed by atoms with E-state index in [1.54, 1.807) is 12.2 Å². The molecule has 3 nitrogen and oxygen atoms in total. The molecule has 0 fully saturated rings. The van der Waals surface area contributed by atoms with Crippen LogP contribution in [0.4, 0.5) is 11.4 Å². The lowest BCUT2D eigenvalue weighted by atomic mass is 9.82. The number of benzene rings is 2. The van der Waals surface area contributed by atoms with Gasteiger partial charge >= 0.3 is 0 Å². The summed E-state index contributed by atoms with van der Waals surface area (Å²) >= 11 is 0. The predicted molar refractivity (Wildman–Crippen MR) is 107 cm³/mol. The number of para-hydroxylation sites is 2. The van der Waals surface area contributed by atoms with Crippen LogP contribution in [0.15, 0.2) is 72.1 Å². The zero-order valence-corrected chi connectivity index (χ0v) is 15.7. The van der Waals surface area contributed by atoms with E-state index < -0.39 is 0 Å². The molecule has 2 N–H and O–H groups in total. The molecule has 0 unspecified atom stereocenters. The highest BCUT2D eigenvalue weighted by Crippen LogP contribution is 2.44. The van der Waals surface area contributed by atoms with Gasteiger partial charge in [-0.25, -0.2) is 0 Å². The Labute approximate surface area is 154 Å². The van der Waals surface area contributed by atoms with E-state index in [1.165, 1.54) is 11.1 Å². The molecule has 2 aliphatic rings. The normalized spacial score (nSPS) is 21.8. The van der Waals surface area contributed by atoms with Crippen LogP contribution in [0.5, 0.6) is 0 Å². The average Bonchev–Trinajstić information content (AvgIpc) is 2.99. The summed E-state index contributed by atoms with van der Waals surface area (Å²) in [7, 11) is 0. The number of hydrogen-bond acceptors (Lipinski definition) is 3. The van der Waals surface area contributed by atoms with Crippen molar-refractivity contribution in [2.75, 3.05) is 10.6 Å². The van der Waals surface area contributed by atoms with Crippen molar-refractivity contribution in [2.24, 2.45) is 0 Å². The fourth-order valence-electron chi connectivity index (χ4n) is 3.93. The van der Waals surface area contributed by atoms with Gasteiger partial charge in [0.2, 0.25) is 0 Å². The molecule has 0 amide bonds. The lowest BCUT2D eigenvalue weighted by Crippen LogP contribution is -2.20. The van der Waals surface area contributed by atoms with Crippen LogP contribution in [0.2, 0.25) is 0 Å². The van der Waals surface area contributed by atoms with E-state index >= 15 is 0 Å². The summed E-state index contributed by atoms with van der Waals surface area (Å²) in [5.41, 5.74) is 6.07. The maximum absolute atomic E-state index is 12.8. The highest BCUT2D eigenvalue weighted by Gasteiger charge is 2.36. The summed E-state index contributed by atoms with van der Waals surface area (Å²) in [5, 5.41) is 6.82. The Morgan fingerprint density at radius 3 is 1.50 bits per heavy atom. The number of carbonyl (C=O) groups is 1. The van der Waals surface area contributed by atoms with E-state index in [9.17, 15) is 4.79 Å². The third-order valence-electron chi connectivity index (χ3n) is 5.66. The zero-order chi connectivity index (χ0) is 18.5. The molecule has 0 aliphatic carbocycles.